The van der Waals surface area contributed by atoms with Crippen molar-refractivity contribution < 1.29 is 14.7 Å². The number of piperidine rings is 1. The highest BCUT2D eigenvalue weighted by atomic mass is 32.1. The van der Waals surface area contributed by atoms with Gasteiger partial charge < -0.3 is 10.0 Å². The first-order valence-corrected chi connectivity index (χ1v) is 8.00. The Bertz CT molecular complexity index is 544. The zero-order valence-corrected chi connectivity index (χ0v) is 13.4. The number of aromatic nitrogens is 1. The molecule has 0 saturated carbocycles. The van der Waals surface area contributed by atoms with Crippen LogP contribution in [0.4, 0.5) is 9.93 Å². The molecule has 0 aromatic carbocycles. The van der Waals surface area contributed by atoms with Crippen LogP contribution in [0.5, 0.6) is 0 Å². The SMILES string of the molecule is CCc1nc(NC(=O)N2CCC(C(=O)O)CC2C)sc1C. The van der Waals surface area contributed by atoms with Crippen LogP contribution in [0.3, 0.4) is 0 Å². The predicted octanol–water partition coefficient (Wildman–Crippen LogP) is 2.73. The number of nitrogens with zero attached hydrogens (tertiary/aromatic N) is 2. The Morgan fingerprint density at radius 2 is 2.24 bits per heavy atom. The van der Waals surface area contributed by atoms with E-state index in [1.54, 1.807) is 4.90 Å². The summed E-state index contributed by atoms with van der Waals surface area (Å²) in [5.74, 6) is -1.12. The molecule has 2 atom stereocenters. The topological polar surface area (TPSA) is 82.5 Å². The summed E-state index contributed by atoms with van der Waals surface area (Å²) in [6.07, 6.45) is 1.85. The minimum Gasteiger partial charge on any atom is -0.481 e. The highest BCUT2D eigenvalue weighted by Crippen LogP contribution is 2.26. The number of aliphatic carboxylic acids is 1. The van der Waals surface area contributed by atoms with Crippen molar-refractivity contribution in [1.29, 1.82) is 0 Å². The highest BCUT2D eigenvalue weighted by molar-refractivity contribution is 7.15. The van der Waals surface area contributed by atoms with Crippen molar-refractivity contribution in [2.75, 3.05) is 11.9 Å². The van der Waals surface area contributed by atoms with Crippen molar-refractivity contribution in [1.82, 2.24) is 9.88 Å². The molecule has 1 saturated heterocycles. The number of carboxylic acids is 1. The van der Waals surface area contributed by atoms with E-state index in [1.165, 1.54) is 11.3 Å². The molecule has 1 aromatic heterocycles. The minimum atomic E-state index is -0.773. The summed E-state index contributed by atoms with van der Waals surface area (Å²) >= 11 is 1.47. The summed E-state index contributed by atoms with van der Waals surface area (Å²) in [6, 6.07) is -0.269. The molecule has 1 fully saturated rings. The van der Waals surface area contributed by atoms with Crippen molar-refractivity contribution >= 4 is 28.5 Å². The van der Waals surface area contributed by atoms with Gasteiger partial charge in [-0.2, -0.15) is 0 Å². The first-order chi connectivity index (χ1) is 9.92. The Kier molecular flexibility index (Phi) is 4.82. The van der Waals surface area contributed by atoms with Crippen molar-refractivity contribution in [3.05, 3.63) is 10.6 Å². The van der Waals surface area contributed by atoms with Gasteiger partial charge in [0.15, 0.2) is 5.13 Å². The molecule has 2 unspecified atom stereocenters. The van der Waals surface area contributed by atoms with Crippen LogP contribution in [0.1, 0.15) is 37.3 Å². The number of nitrogens with one attached hydrogen (secondary N) is 1. The number of carbonyl (C=O) groups excluding carboxylic acids is 1. The van der Waals surface area contributed by atoms with Gasteiger partial charge in [-0.15, -0.1) is 11.3 Å². The Hall–Kier alpha value is -1.63. The van der Waals surface area contributed by atoms with Gasteiger partial charge in [0, 0.05) is 17.5 Å². The molecule has 1 aromatic rings. The molecular weight excluding hydrogens is 290 g/mol. The lowest BCUT2D eigenvalue weighted by Gasteiger charge is -2.35. The molecule has 0 radical (unpaired) electrons. The van der Waals surface area contributed by atoms with E-state index in [0.717, 1.165) is 17.0 Å². The quantitative estimate of drug-likeness (QED) is 0.899. The standard InChI is InChI=1S/C14H21N3O3S/c1-4-11-9(3)21-13(15-11)16-14(20)17-6-5-10(12(18)19)7-8(17)2/h8,10H,4-7H2,1-3H3,(H,18,19)(H,15,16,20). The number of anilines is 1. The monoisotopic (exact) mass is 311 g/mol. The van der Waals surface area contributed by atoms with Crippen LogP contribution < -0.4 is 5.32 Å². The zero-order valence-electron chi connectivity index (χ0n) is 12.5. The number of carboxylic acid groups (broad SMARTS) is 1. The largest absolute Gasteiger partial charge is 0.481 e. The molecule has 116 valence electrons. The van der Waals surface area contributed by atoms with Crippen molar-refractivity contribution in [3.8, 4) is 0 Å². The molecule has 7 heteroatoms. The number of amides is 2. The fraction of sp³-hybridized carbons (Fsp3) is 0.643. The molecular formula is C14H21N3O3S. The second kappa shape index (κ2) is 6.43. The molecule has 1 aliphatic heterocycles. The molecule has 0 aliphatic carbocycles. The minimum absolute atomic E-state index is 0.0773. The van der Waals surface area contributed by atoms with Crippen LogP contribution in [0.15, 0.2) is 0 Å². The average molecular weight is 311 g/mol. The van der Waals surface area contributed by atoms with Crippen LogP contribution in [0, 0.1) is 12.8 Å². The van der Waals surface area contributed by atoms with Crippen LogP contribution in [-0.2, 0) is 11.2 Å². The molecule has 1 aliphatic rings. The van der Waals surface area contributed by atoms with Gasteiger partial charge in [0.05, 0.1) is 11.6 Å². The normalized spacial score (nSPS) is 22.1. The number of urea groups is 1. The van der Waals surface area contributed by atoms with E-state index in [-0.39, 0.29) is 18.0 Å². The van der Waals surface area contributed by atoms with Crippen LogP contribution in [0.25, 0.3) is 0 Å². The summed E-state index contributed by atoms with van der Waals surface area (Å²) < 4.78 is 0. The van der Waals surface area contributed by atoms with Gasteiger partial charge in [0.25, 0.3) is 0 Å². The molecule has 6 nitrogen and oxygen atoms in total. The second-order valence-corrected chi connectivity index (χ2v) is 6.61. The Morgan fingerprint density at radius 3 is 2.76 bits per heavy atom. The number of aryl methyl sites for hydroxylation is 2. The number of hydrogen-bond acceptors (Lipinski definition) is 4. The zero-order chi connectivity index (χ0) is 15.6. The Balaban J connectivity index is 1.98. The molecule has 21 heavy (non-hydrogen) atoms. The van der Waals surface area contributed by atoms with Gasteiger partial charge >= 0.3 is 12.0 Å². The van der Waals surface area contributed by atoms with Crippen molar-refractivity contribution in [2.45, 2.75) is 46.1 Å². The molecule has 0 spiro atoms. The third kappa shape index (κ3) is 3.53. The lowest BCUT2D eigenvalue weighted by atomic mass is 9.92. The van der Waals surface area contributed by atoms with E-state index >= 15 is 0 Å². The maximum Gasteiger partial charge on any atom is 0.323 e. The number of likely N-dealkylation sites (tertiary alicyclic amines) is 1. The molecule has 2 N–H and O–H groups in total. The van der Waals surface area contributed by atoms with E-state index in [9.17, 15) is 9.59 Å². The van der Waals surface area contributed by atoms with Crippen molar-refractivity contribution in [3.63, 3.8) is 0 Å². The molecule has 2 heterocycles. The average Bonchev–Trinajstić information content (AvgIpc) is 2.78. The van der Waals surface area contributed by atoms with E-state index in [1.807, 2.05) is 20.8 Å². The fourth-order valence-corrected chi connectivity index (χ4v) is 3.56. The Labute approximate surface area is 128 Å². The molecule has 2 rings (SSSR count). The summed E-state index contributed by atoms with van der Waals surface area (Å²) in [7, 11) is 0. The van der Waals surface area contributed by atoms with E-state index < -0.39 is 5.97 Å². The maximum atomic E-state index is 12.3. The molecule has 2 amide bonds. The number of carbonyl (C=O) groups is 2. The van der Waals surface area contributed by atoms with Crippen LogP contribution >= 0.6 is 11.3 Å². The van der Waals surface area contributed by atoms with Crippen molar-refractivity contribution in [2.24, 2.45) is 5.92 Å². The van der Waals surface area contributed by atoms with Gasteiger partial charge in [0.2, 0.25) is 0 Å². The second-order valence-electron chi connectivity index (χ2n) is 5.41. The predicted molar refractivity (Wildman–Crippen MR) is 81.8 cm³/mol. The lowest BCUT2D eigenvalue weighted by molar-refractivity contribution is -0.143. The van der Waals surface area contributed by atoms with Gasteiger partial charge in [-0.25, -0.2) is 9.78 Å². The third-order valence-corrected chi connectivity index (χ3v) is 4.86. The van der Waals surface area contributed by atoms with E-state index in [0.29, 0.717) is 24.5 Å². The van der Waals surface area contributed by atoms with Gasteiger partial charge in [-0.05, 0) is 33.1 Å². The maximum absolute atomic E-state index is 12.3. The number of thiazole rings is 1. The fourth-order valence-electron chi connectivity index (χ4n) is 2.67. The van der Waals surface area contributed by atoms with Gasteiger partial charge in [-0.1, -0.05) is 6.92 Å². The number of rotatable bonds is 3. The number of hydrogen-bond donors (Lipinski definition) is 2. The summed E-state index contributed by atoms with van der Waals surface area (Å²) in [5, 5.41) is 12.5. The summed E-state index contributed by atoms with van der Waals surface area (Å²) in [4.78, 5) is 30.5. The van der Waals surface area contributed by atoms with Gasteiger partial charge in [0.1, 0.15) is 0 Å². The molecule has 0 bridgehead atoms. The third-order valence-electron chi connectivity index (χ3n) is 3.93. The summed E-state index contributed by atoms with van der Waals surface area (Å²) in [6.45, 7) is 6.38. The summed E-state index contributed by atoms with van der Waals surface area (Å²) in [5.41, 5.74) is 1.01. The van der Waals surface area contributed by atoms with E-state index in [4.69, 9.17) is 5.11 Å². The Morgan fingerprint density at radius 1 is 1.52 bits per heavy atom. The van der Waals surface area contributed by atoms with Gasteiger partial charge in [-0.3, -0.25) is 10.1 Å². The highest BCUT2D eigenvalue weighted by Gasteiger charge is 2.32. The van der Waals surface area contributed by atoms with Crippen LogP contribution in [0.2, 0.25) is 0 Å². The van der Waals surface area contributed by atoms with Crippen LogP contribution in [-0.4, -0.2) is 39.6 Å². The first-order valence-electron chi connectivity index (χ1n) is 7.19. The smallest absolute Gasteiger partial charge is 0.323 e. The first kappa shape index (κ1) is 15.8. The lowest BCUT2D eigenvalue weighted by Crippen LogP contribution is -2.47. The van der Waals surface area contributed by atoms with E-state index in [2.05, 4.69) is 10.3 Å².